The van der Waals surface area contributed by atoms with E-state index in [9.17, 15) is 10.2 Å². The first-order chi connectivity index (χ1) is 10.5. The van der Waals surface area contributed by atoms with Gasteiger partial charge in [0.05, 0.1) is 0 Å². The third-order valence-corrected chi connectivity index (χ3v) is 7.19. The molecule has 2 nitrogen and oxygen atoms in total. The fourth-order valence-electron chi connectivity index (χ4n) is 5.89. The first kappa shape index (κ1) is 14.2. The summed E-state index contributed by atoms with van der Waals surface area (Å²) in [6.07, 6.45) is 14.5. The van der Waals surface area contributed by atoms with Crippen LogP contribution in [0.2, 0.25) is 0 Å². The maximum absolute atomic E-state index is 10.9. The lowest BCUT2D eigenvalue weighted by Crippen LogP contribution is -2.50. The number of hydrogen-bond donors (Lipinski definition) is 2. The number of hydrogen-bond acceptors (Lipinski definition) is 2. The van der Waals surface area contributed by atoms with Crippen LogP contribution in [0.1, 0.15) is 51.9 Å². The number of allylic oxidation sites excluding steroid dienone is 2. The van der Waals surface area contributed by atoms with Crippen molar-refractivity contribution in [3.8, 4) is 12.3 Å². The highest BCUT2D eigenvalue weighted by molar-refractivity contribution is 5.38. The van der Waals surface area contributed by atoms with Crippen LogP contribution in [0.5, 0.6) is 0 Å². The predicted octanol–water partition coefficient (Wildman–Crippen LogP) is 3.88. The predicted molar refractivity (Wildman–Crippen MR) is 85.9 cm³/mol. The van der Waals surface area contributed by atoms with E-state index in [1.807, 2.05) is 6.08 Å². The van der Waals surface area contributed by atoms with Gasteiger partial charge in [-0.1, -0.05) is 24.1 Å². The molecule has 0 aliphatic heterocycles. The lowest BCUT2D eigenvalue weighted by Gasteiger charge is -2.52. The highest BCUT2D eigenvalue weighted by atomic mass is 16.3. The van der Waals surface area contributed by atoms with Crippen LogP contribution in [0.3, 0.4) is 0 Å². The molecule has 4 aliphatic carbocycles. The zero-order valence-corrected chi connectivity index (χ0v) is 13.2. The Morgan fingerprint density at radius 2 is 2.14 bits per heavy atom. The Hall–Kier alpha value is -1.42. The number of fused-ring (bicyclic) bond motifs is 4. The first-order valence-corrected chi connectivity index (χ1v) is 8.55. The van der Waals surface area contributed by atoms with Crippen molar-refractivity contribution in [1.29, 1.82) is 0 Å². The van der Waals surface area contributed by atoms with Gasteiger partial charge in [0.1, 0.15) is 11.4 Å². The summed E-state index contributed by atoms with van der Waals surface area (Å²) < 4.78 is 0. The molecule has 5 atom stereocenters. The molecular formula is C20H24O2. The Bertz CT molecular complexity index is 658. The van der Waals surface area contributed by atoms with Crippen LogP contribution < -0.4 is 0 Å². The maximum Gasteiger partial charge on any atom is 0.139 e. The van der Waals surface area contributed by atoms with E-state index < -0.39 is 5.60 Å². The molecule has 4 aliphatic rings. The summed E-state index contributed by atoms with van der Waals surface area (Å²) in [6.45, 7) is 2.22. The maximum atomic E-state index is 10.9. The second-order valence-corrected chi connectivity index (χ2v) is 7.89. The van der Waals surface area contributed by atoms with Crippen molar-refractivity contribution in [3.63, 3.8) is 0 Å². The standard InChI is InChI=1S/C20H24O2/c1-3-20(22)11-9-18-17-6-4-13-12-14(21)5-7-15(13)16(17)8-10-19(18,20)2/h1,7,16-18,21-22H,4,6,8-12H2,2H3/t16-,17-,18+,19+,20+/m1/s1. The molecule has 0 aromatic rings. The fourth-order valence-corrected chi connectivity index (χ4v) is 5.89. The lowest BCUT2D eigenvalue weighted by molar-refractivity contribution is -0.0699. The van der Waals surface area contributed by atoms with E-state index in [0.717, 1.165) is 32.1 Å². The zero-order chi connectivity index (χ0) is 15.5. The molecule has 0 radical (unpaired) electrons. The Kier molecular flexibility index (Phi) is 2.93. The second-order valence-electron chi connectivity index (χ2n) is 7.89. The van der Waals surface area contributed by atoms with Gasteiger partial charge in [0.2, 0.25) is 0 Å². The van der Waals surface area contributed by atoms with Crippen LogP contribution in [0.25, 0.3) is 0 Å². The molecule has 4 rings (SSSR count). The van der Waals surface area contributed by atoms with E-state index in [2.05, 4.69) is 18.6 Å². The van der Waals surface area contributed by atoms with Gasteiger partial charge in [-0.15, -0.1) is 6.42 Å². The SMILES string of the molecule is C#C[C@]1(O)CC[C@H]2[C@@H]3CCC4=C(C=C=C(O)C4)[C@H]3CC[C@@]21C. The van der Waals surface area contributed by atoms with E-state index in [0.29, 0.717) is 29.9 Å². The summed E-state index contributed by atoms with van der Waals surface area (Å²) >= 11 is 0. The summed E-state index contributed by atoms with van der Waals surface area (Å²) in [5, 5.41) is 20.6. The van der Waals surface area contributed by atoms with E-state index in [1.54, 1.807) is 0 Å². The topological polar surface area (TPSA) is 40.5 Å². The van der Waals surface area contributed by atoms with E-state index in [4.69, 9.17) is 6.42 Å². The van der Waals surface area contributed by atoms with Crippen LogP contribution in [0, 0.1) is 35.5 Å². The molecule has 2 saturated carbocycles. The van der Waals surface area contributed by atoms with Crippen molar-refractivity contribution in [1.82, 2.24) is 0 Å². The summed E-state index contributed by atoms with van der Waals surface area (Å²) in [5.74, 6) is 4.82. The molecular weight excluding hydrogens is 272 g/mol. The minimum absolute atomic E-state index is 0.128. The van der Waals surface area contributed by atoms with Gasteiger partial charge >= 0.3 is 0 Å². The van der Waals surface area contributed by atoms with Gasteiger partial charge in [0.15, 0.2) is 0 Å². The van der Waals surface area contributed by atoms with Crippen molar-refractivity contribution in [2.24, 2.45) is 23.2 Å². The van der Waals surface area contributed by atoms with Gasteiger partial charge in [-0.05, 0) is 67.9 Å². The number of rotatable bonds is 0. The minimum Gasteiger partial charge on any atom is -0.504 e. The van der Waals surface area contributed by atoms with Gasteiger partial charge < -0.3 is 10.2 Å². The molecule has 22 heavy (non-hydrogen) atoms. The Morgan fingerprint density at radius 1 is 1.32 bits per heavy atom. The van der Waals surface area contributed by atoms with Gasteiger partial charge in [-0.2, -0.15) is 0 Å². The molecule has 2 heteroatoms. The summed E-state index contributed by atoms with van der Waals surface area (Å²) in [5.41, 5.74) is 4.80. The van der Waals surface area contributed by atoms with Crippen LogP contribution in [-0.2, 0) is 0 Å². The van der Waals surface area contributed by atoms with E-state index >= 15 is 0 Å². The largest absolute Gasteiger partial charge is 0.504 e. The van der Waals surface area contributed by atoms with Crippen LogP contribution >= 0.6 is 0 Å². The van der Waals surface area contributed by atoms with Gasteiger partial charge in [-0.25, -0.2) is 0 Å². The molecule has 0 aromatic carbocycles. The van der Waals surface area contributed by atoms with Gasteiger partial charge in [0.25, 0.3) is 0 Å². The third kappa shape index (κ3) is 1.67. The summed E-state index contributed by atoms with van der Waals surface area (Å²) in [6, 6.07) is 0. The summed E-state index contributed by atoms with van der Waals surface area (Å²) in [7, 11) is 0. The fraction of sp³-hybridized carbons (Fsp3) is 0.650. The van der Waals surface area contributed by atoms with Crippen LogP contribution in [0.15, 0.2) is 28.7 Å². The number of terminal acetylenes is 1. The smallest absolute Gasteiger partial charge is 0.139 e. The van der Waals surface area contributed by atoms with Gasteiger partial charge in [0, 0.05) is 11.8 Å². The molecule has 2 fully saturated rings. The number of aliphatic hydroxyl groups excluding tert-OH is 1. The highest BCUT2D eigenvalue weighted by Crippen LogP contribution is 2.63. The average molecular weight is 296 g/mol. The monoisotopic (exact) mass is 296 g/mol. The van der Waals surface area contributed by atoms with Crippen molar-refractivity contribution >= 4 is 0 Å². The third-order valence-electron chi connectivity index (χ3n) is 7.19. The lowest BCUT2D eigenvalue weighted by atomic mass is 9.53. The van der Waals surface area contributed by atoms with E-state index in [1.165, 1.54) is 17.6 Å². The molecule has 0 heterocycles. The van der Waals surface area contributed by atoms with Crippen molar-refractivity contribution < 1.29 is 10.2 Å². The highest BCUT2D eigenvalue weighted by Gasteiger charge is 2.61. The molecule has 0 aromatic heterocycles. The zero-order valence-electron chi connectivity index (χ0n) is 13.2. The van der Waals surface area contributed by atoms with Crippen molar-refractivity contribution in [2.75, 3.05) is 0 Å². The first-order valence-electron chi connectivity index (χ1n) is 8.55. The molecule has 0 unspecified atom stereocenters. The quantitative estimate of drug-likeness (QED) is 0.526. The second kappa shape index (κ2) is 4.54. The average Bonchev–Trinajstić information content (AvgIpc) is 2.79. The van der Waals surface area contributed by atoms with Crippen LogP contribution in [0.4, 0.5) is 0 Å². The molecule has 0 amide bonds. The molecule has 0 saturated heterocycles. The minimum atomic E-state index is -0.919. The molecule has 2 N–H and O–H groups in total. The normalized spacial score (nSPS) is 46.4. The van der Waals surface area contributed by atoms with Crippen LogP contribution in [-0.4, -0.2) is 15.8 Å². The Labute approximate surface area is 132 Å². The van der Waals surface area contributed by atoms with Crippen molar-refractivity contribution in [3.05, 3.63) is 28.7 Å². The Morgan fingerprint density at radius 3 is 2.91 bits per heavy atom. The number of aliphatic hydroxyl groups is 2. The molecule has 116 valence electrons. The van der Waals surface area contributed by atoms with Gasteiger partial charge in [-0.3, -0.25) is 0 Å². The van der Waals surface area contributed by atoms with Crippen molar-refractivity contribution in [2.45, 2.75) is 57.5 Å². The molecule has 0 bridgehead atoms. The molecule has 0 spiro atoms. The Balaban J connectivity index is 1.70. The summed E-state index contributed by atoms with van der Waals surface area (Å²) in [4.78, 5) is 0. The van der Waals surface area contributed by atoms with E-state index in [-0.39, 0.29) is 5.41 Å².